The van der Waals surface area contributed by atoms with Crippen LogP contribution in [0.25, 0.3) is 0 Å². The fourth-order valence-corrected chi connectivity index (χ4v) is 2.93. The van der Waals surface area contributed by atoms with E-state index in [0.717, 1.165) is 17.1 Å². The van der Waals surface area contributed by atoms with Crippen LogP contribution < -0.4 is 15.2 Å². The van der Waals surface area contributed by atoms with Gasteiger partial charge in [-0.3, -0.25) is 0 Å². The van der Waals surface area contributed by atoms with Crippen molar-refractivity contribution < 1.29 is 9.47 Å². The smallest absolute Gasteiger partial charge is 0.161 e. The molecule has 1 aromatic carbocycles. The van der Waals surface area contributed by atoms with Crippen molar-refractivity contribution in [3.05, 3.63) is 23.8 Å². The molecule has 1 aliphatic rings. The Morgan fingerprint density at radius 1 is 1.20 bits per heavy atom. The number of benzene rings is 1. The third-order valence-corrected chi connectivity index (χ3v) is 4.03. The van der Waals surface area contributed by atoms with Gasteiger partial charge < -0.3 is 15.2 Å². The van der Waals surface area contributed by atoms with E-state index in [1.165, 1.54) is 32.1 Å². The van der Waals surface area contributed by atoms with Gasteiger partial charge in [0.1, 0.15) is 0 Å². The summed E-state index contributed by atoms with van der Waals surface area (Å²) >= 11 is 0. The first-order chi connectivity index (χ1) is 9.26. The second-order valence-corrected chi connectivity index (χ2v) is 5.27. The molecule has 0 amide bonds. The summed E-state index contributed by atoms with van der Waals surface area (Å²) in [5.74, 6) is 2.19. The van der Waals surface area contributed by atoms with Crippen molar-refractivity contribution >= 4 is 12.4 Å². The molecule has 2 N–H and O–H groups in total. The predicted octanol–water partition coefficient (Wildman–Crippen LogP) is 4.10. The van der Waals surface area contributed by atoms with Gasteiger partial charge in [0.25, 0.3) is 0 Å². The normalized spacial score (nSPS) is 17.1. The van der Waals surface area contributed by atoms with Crippen LogP contribution in [0.5, 0.6) is 11.5 Å². The van der Waals surface area contributed by atoms with Gasteiger partial charge in [0.15, 0.2) is 11.5 Å². The Bertz CT molecular complexity index is 405. The van der Waals surface area contributed by atoms with Gasteiger partial charge in [0.2, 0.25) is 0 Å². The van der Waals surface area contributed by atoms with Crippen molar-refractivity contribution in [2.45, 2.75) is 45.1 Å². The largest absolute Gasteiger partial charge is 0.493 e. The van der Waals surface area contributed by atoms with E-state index in [1.807, 2.05) is 19.1 Å². The molecule has 0 spiro atoms. The maximum Gasteiger partial charge on any atom is 0.161 e. The molecule has 1 fully saturated rings. The van der Waals surface area contributed by atoms with Crippen molar-refractivity contribution in [1.82, 2.24) is 0 Å². The van der Waals surface area contributed by atoms with Crippen molar-refractivity contribution in [3.8, 4) is 11.5 Å². The lowest BCUT2D eigenvalue weighted by Gasteiger charge is -2.28. The van der Waals surface area contributed by atoms with E-state index < -0.39 is 0 Å². The van der Waals surface area contributed by atoms with Gasteiger partial charge >= 0.3 is 0 Å². The Morgan fingerprint density at radius 3 is 2.50 bits per heavy atom. The minimum Gasteiger partial charge on any atom is -0.493 e. The lowest BCUT2D eigenvalue weighted by atomic mass is 9.81. The molecular formula is C16H26ClNO2. The molecule has 3 nitrogen and oxygen atoms in total. The third-order valence-electron chi connectivity index (χ3n) is 4.03. The summed E-state index contributed by atoms with van der Waals surface area (Å²) < 4.78 is 10.9. The fourth-order valence-electron chi connectivity index (χ4n) is 2.93. The Kier molecular flexibility index (Phi) is 7.17. The fraction of sp³-hybridized carbons (Fsp3) is 0.625. The van der Waals surface area contributed by atoms with Gasteiger partial charge in [-0.2, -0.15) is 0 Å². The van der Waals surface area contributed by atoms with Gasteiger partial charge in [-0.15, -0.1) is 12.4 Å². The summed E-state index contributed by atoms with van der Waals surface area (Å²) in [7, 11) is 1.67. The van der Waals surface area contributed by atoms with Crippen LogP contribution in [0, 0.1) is 5.92 Å². The molecule has 1 atom stereocenters. The number of methoxy groups -OCH3 is 1. The minimum absolute atomic E-state index is 0. The van der Waals surface area contributed by atoms with E-state index >= 15 is 0 Å². The molecule has 1 aromatic rings. The Balaban J connectivity index is 0.00000200. The summed E-state index contributed by atoms with van der Waals surface area (Å²) in [6, 6.07) is 6.19. The van der Waals surface area contributed by atoms with Gasteiger partial charge in [-0.25, -0.2) is 0 Å². The SMILES string of the molecule is CCOc1cc([C@@H](N)C2CCCCC2)ccc1OC.Cl. The zero-order valence-corrected chi connectivity index (χ0v) is 13.2. The molecule has 20 heavy (non-hydrogen) atoms. The first-order valence-corrected chi connectivity index (χ1v) is 7.32. The van der Waals surface area contributed by atoms with Gasteiger partial charge in [0, 0.05) is 6.04 Å². The first-order valence-electron chi connectivity index (χ1n) is 7.32. The van der Waals surface area contributed by atoms with Crippen molar-refractivity contribution in [1.29, 1.82) is 0 Å². The molecule has 0 aromatic heterocycles. The Morgan fingerprint density at radius 2 is 1.90 bits per heavy atom. The van der Waals surface area contributed by atoms with Gasteiger partial charge in [0.05, 0.1) is 13.7 Å². The van der Waals surface area contributed by atoms with Gasteiger partial charge in [-0.1, -0.05) is 25.3 Å². The molecule has 114 valence electrons. The van der Waals surface area contributed by atoms with Crippen LogP contribution in [-0.2, 0) is 0 Å². The van der Waals surface area contributed by atoms with Crippen LogP contribution in [0.15, 0.2) is 18.2 Å². The molecule has 0 radical (unpaired) electrons. The number of rotatable bonds is 5. The summed E-state index contributed by atoms with van der Waals surface area (Å²) in [6.07, 6.45) is 6.48. The van der Waals surface area contributed by atoms with Crippen molar-refractivity contribution in [2.75, 3.05) is 13.7 Å². The highest BCUT2D eigenvalue weighted by Crippen LogP contribution is 2.36. The summed E-state index contributed by atoms with van der Waals surface area (Å²) in [4.78, 5) is 0. The molecule has 2 rings (SSSR count). The first kappa shape index (κ1) is 17.1. The van der Waals surface area contributed by atoms with E-state index in [-0.39, 0.29) is 18.4 Å². The van der Waals surface area contributed by atoms with Crippen LogP contribution in [0.2, 0.25) is 0 Å². The van der Waals surface area contributed by atoms with Crippen molar-refractivity contribution in [2.24, 2.45) is 11.7 Å². The summed E-state index contributed by atoms with van der Waals surface area (Å²) in [6.45, 7) is 2.62. The van der Waals surface area contributed by atoms with Gasteiger partial charge in [-0.05, 0) is 43.4 Å². The highest BCUT2D eigenvalue weighted by Gasteiger charge is 2.22. The second-order valence-electron chi connectivity index (χ2n) is 5.27. The maximum absolute atomic E-state index is 6.43. The van der Waals surface area contributed by atoms with E-state index in [2.05, 4.69) is 6.07 Å². The van der Waals surface area contributed by atoms with E-state index in [0.29, 0.717) is 12.5 Å². The highest BCUT2D eigenvalue weighted by atomic mass is 35.5. The lowest BCUT2D eigenvalue weighted by molar-refractivity contribution is 0.300. The Hall–Kier alpha value is -0.930. The number of hydrogen-bond donors (Lipinski definition) is 1. The molecule has 0 aliphatic heterocycles. The molecule has 1 aliphatic carbocycles. The van der Waals surface area contributed by atoms with Crippen LogP contribution in [0.3, 0.4) is 0 Å². The Labute approximate surface area is 128 Å². The van der Waals surface area contributed by atoms with E-state index in [1.54, 1.807) is 7.11 Å². The second kappa shape index (κ2) is 8.38. The molecule has 1 saturated carbocycles. The number of nitrogens with two attached hydrogens (primary N) is 1. The number of hydrogen-bond acceptors (Lipinski definition) is 3. The average molecular weight is 300 g/mol. The van der Waals surface area contributed by atoms with Crippen LogP contribution >= 0.6 is 12.4 Å². The van der Waals surface area contributed by atoms with Crippen LogP contribution in [0.4, 0.5) is 0 Å². The topological polar surface area (TPSA) is 44.5 Å². The van der Waals surface area contributed by atoms with Crippen LogP contribution in [0.1, 0.15) is 50.6 Å². The zero-order chi connectivity index (χ0) is 13.7. The highest BCUT2D eigenvalue weighted by molar-refractivity contribution is 5.85. The lowest BCUT2D eigenvalue weighted by Crippen LogP contribution is -2.23. The third kappa shape index (κ3) is 4.03. The number of halogens is 1. The molecule has 0 unspecified atom stereocenters. The molecule has 0 bridgehead atoms. The zero-order valence-electron chi connectivity index (χ0n) is 12.4. The molecular weight excluding hydrogens is 274 g/mol. The maximum atomic E-state index is 6.43. The standard InChI is InChI=1S/C16H25NO2.ClH/c1-3-19-15-11-13(9-10-14(15)18-2)16(17)12-7-5-4-6-8-12;/h9-12,16H,3-8,17H2,1-2H3;1H/t16-;/m0./s1. The quantitative estimate of drug-likeness (QED) is 0.890. The van der Waals surface area contributed by atoms with E-state index in [9.17, 15) is 0 Å². The van der Waals surface area contributed by atoms with E-state index in [4.69, 9.17) is 15.2 Å². The monoisotopic (exact) mass is 299 g/mol. The summed E-state index contributed by atoms with van der Waals surface area (Å²) in [5.41, 5.74) is 7.59. The average Bonchev–Trinajstić information content (AvgIpc) is 2.47. The number of ether oxygens (including phenoxy) is 2. The van der Waals surface area contributed by atoms with Crippen LogP contribution in [-0.4, -0.2) is 13.7 Å². The summed E-state index contributed by atoms with van der Waals surface area (Å²) in [5, 5.41) is 0. The molecule has 0 heterocycles. The molecule has 0 saturated heterocycles. The van der Waals surface area contributed by atoms with Crippen molar-refractivity contribution in [3.63, 3.8) is 0 Å². The minimum atomic E-state index is 0. The predicted molar refractivity (Wildman–Crippen MR) is 84.9 cm³/mol. The molecule has 4 heteroatoms.